The van der Waals surface area contributed by atoms with Crippen LogP contribution in [0, 0.1) is 0 Å². The minimum atomic E-state index is -0.0539. The zero-order valence-corrected chi connectivity index (χ0v) is 20.0. The Labute approximate surface area is 201 Å². The Balaban J connectivity index is 1.30. The van der Waals surface area contributed by atoms with Gasteiger partial charge in [-0.15, -0.1) is 0 Å². The Kier molecular flexibility index (Phi) is 7.97. The number of carbonyl (C=O) groups is 1. The Morgan fingerprint density at radius 1 is 0.941 bits per heavy atom. The molecule has 5 nitrogen and oxygen atoms in total. The van der Waals surface area contributed by atoms with Crippen molar-refractivity contribution in [1.29, 1.82) is 0 Å². The fourth-order valence-electron chi connectivity index (χ4n) is 4.06. The summed E-state index contributed by atoms with van der Waals surface area (Å²) in [5, 5.41) is 3.01. The minimum absolute atomic E-state index is 0.0539. The van der Waals surface area contributed by atoms with Gasteiger partial charge in [-0.3, -0.25) is 4.79 Å². The van der Waals surface area contributed by atoms with Crippen LogP contribution in [0.3, 0.4) is 0 Å². The number of aryl methyl sites for hydroxylation is 1. The molecule has 0 radical (unpaired) electrons. The molecule has 1 heterocycles. The van der Waals surface area contributed by atoms with E-state index in [1.54, 1.807) is 0 Å². The first-order chi connectivity index (χ1) is 16.6. The van der Waals surface area contributed by atoms with E-state index in [0.717, 1.165) is 42.0 Å². The first kappa shape index (κ1) is 23.6. The van der Waals surface area contributed by atoms with Crippen LogP contribution < -0.4 is 10.1 Å². The van der Waals surface area contributed by atoms with E-state index in [1.807, 2.05) is 48.5 Å². The van der Waals surface area contributed by atoms with Crippen LogP contribution >= 0.6 is 0 Å². The first-order valence-electron chi connectivity index (χ1n) is 12.1. The maximum atomic E-state index is 12.4. The van der Waals surface area contributed by atoms with Crippen LogP contribution in [0.15, 0.2) is 78.9 Å². The van der Waals surface area contributed by atoms with Gasteiger partial charge >= 0.3 is 0 Å². The quantitative estimate of drug-likeness (QED) is 0.283. The molecule has 1 N–H and O–H groups in total. The lowest BCUT2D eigenvalue weighted by atomic mass is 10.0. The number of rotatable bonds is 11. The van der Waals surface area contributed by atoms with Gasteiger partial charge in [-0.2, -0.15) is 0 Å². The summed E-state index contributed by atoms with van der Waals surface area (Å²) in [6.07, 6.45) is 2.64. The molecule has 1 aromatic heterocycles. The van der Waals surface area contributed by atoms with Gasteiger partial charge < -0.3 is 14.6 Å². The summed E-state index contributed by atoms with van der Waals surface area (Å²) in [4.78, 5) is 17.2. The molecule has 5 heteroatoms. The molecule has 0 saturated heterocycles. The van der Waals surface area contributed by atoms with Crippen molar-refractivity contribution < 1.29 is 9.53 Å². The van der Waals surface area contributed by atoms with Gasteiger partial charge in [0.15, 0.2) is 0 Å². The summed E-state index contributed by atoms with van der Waals surface area (Å²) in [5.41, 5.74) is 4.13. The van der Waals surface area contributed by atoms with Crippen LogP contribution in [-0.2, 0) is 13.0 Å². The van der Waals surface area contributed by atoms with E-state index in [9.17, 15) is 4.79 Å². The van der Waals surface area contributed by atoms with Gasteiger partial charge in [-0.25, -0.2) is 4.98 Å². The SMILES string of the molecule is CC(C)c1ccc(OCCCCn2c(CCNC(=O)c3ccccc3)nc3ccccc32)cc1. The molecule has 0 fully saturated rings. The molecule has 34 heavy (non-hydrogen) atoms. The van der Waals surface area contributed by atoms with Crippen LogP contribution in [0.1, 0.15) is 54.4 Å². The summed E-state index contributed by atoms with van der Waals surface area (Å²) in [5.74, 6) is 2.40. The van der Waals surface area contributed by atoms with Crippen molar-refractivity contribution >= 4 is 16.9 Å². The number of nitrogens with one attached hydrogen (secondary N) is 1. The van der Waals surface area contributed by atoms with Crippen molar-refractivity contribution in [3.63, 3.8) is 0 Å². The van der Waals surface area contributed by atoms with Crippen LogP contribution in [-0.4, -0.2) is 28.6 Å². The van der Waals surface area contributed by atoms with Crippen molar-refractivity contribution in [3.05, 3.63) is 95.8 Å². The van der Waals surface area contributed by atoms with E-state index >= 15 is 0 Å². The molecule has 0 spiro atoms. The fraction of sp³-hybridized carbons (Fsp3) is 0.310. The van der Waals surface area contributed by atoms with Crippen molar-refractivity contribution in [1.82, 2.24) is 14.9 Å². The summed E-state index contributed by atoms with van der Waals surface area (Å²) < 4.78 is 8.22. The summed E-state index contributed by atoms with van der Waals surface area (Å²) in [6, 6.07) is 25.9. The standard InChI is InChI=1S/C29H33N3O2/c1-22(2)23-14-16-25(17-15-23)34-21-9-8-20-32-27-13-7-6-12-26(27)31-28(32)18-19-30-29(33)24-10-4-3-5-11-24/h3-7,10-17,22H,8-9,18-21H2,1-2H3,(H,30,33). The number of aromatic nitrogens is 2. The Morgan fingerprint density at radius 3 is 2.44 bits per heavy atom. The zero-order chi connectivity index (χ0) is 23.8. The number of benzene rings is 3. The van der Waals surface area contributed by atoms with Gasteiger partial charge in [0, 0.05) is 25.1 Å². The topological polar surface area (TPSA) is 56.1 Å². The maximum Gasteiger partial charge on any atom is 0.251 e. The predicted octanol–water partition coefficient (Wildman–Crippen LogP) is 5.99. The summed E-state index contributed by atoms with van der Waals surface area (Å²) >= 11 is 0. The van der Waals surface area contributed by atoms with Crippen LogP contribution in [0.4, 0.5) is 0 Å². The van der Waals surface area contributed by atoms with Gasteiger partial charge in [0.25, 0.3) is 5.91 Å². The number of para-hydroxylation sites is 2. The van der Waals surface area contributed by atoms with Gasteiger partial charge in [-0.1, -0.05) is 56.3 Å². The Hall–Kier alpha value is -3.60. The minimum Gasteiger partial charge on any atom is -0.494 e. The van der Waals surface area contributed by atoms with Crippen molar-refractivity contribution in [3.8, 4) is 5.75 Å². The molecule has 4 rings (SSSR count). The van der Waals surface area contributed by atoms with Crippen LogP contribution in [0.5, 0.6) is 5.75 Å². The van der Waals surface area contributed by atoms with Gasteiger partial charge in [0.1, 0.15) is 11.6 Å². The highest BCUT2D eigenvalue weighted by atomic mass is 16.5. The number of imidazole rings is 1. The lowest BCUT2D eigenvalue weighted by Gasteiger charge is -2.11. The molecule has 0 aliphatic carbocycles. The highest BCUT2D eigenvalue weighted by Gasteiger charge is 2.11. The molecular formula is C29H33N3O2. The second kappa shape index (κ2) is 11.5. The highest BCUT2D eigenvalue weighted by Crippen LogP contribution is 2.20. The fourth-order valence-corrected chi connectivity index (χ4v) is 4.06. The maximum absolute atomic E-state index is 12.4. The van der Waals surface area contributed by atoms with E-state index in [4.69, 9.17) is 9.72 Å². The molecule has 4 aromatic rings. The molecule has 0 atom stereocenters. The van der Waals surface area contributed by atoms with Crippen molar-refractivity contribution in [2.75, 3.05) is 13.2 Å². The average molecular weight is 456 g/mol. The monoisotopic (exact) mass is 455 g/mol. The van der Waals surface area contributed by atoms with Crippen molar-refractivity contribution in [2.45, 2.75) is 45.6 Å². The number of hydrogen-bond donors (Lipinski definition) is 1. The van der Waals surface area contributed by atoms with E-state index in [-0.39, 0.29) is 5.91 Å². The summed E-state index contributed by atoms with van der Waals surface area (Å²) in [7, 11) is 0. The predicted molar refractivity (Wildman–Crippen MR) is 137 cm³/mol. The third-order valence-corrected chi connectivity index (χ3v) is 6.00. The lowest BCUT2D eigenvalue weighted by molar-refractivity contribution is 0.0954. The molecule has 0 bridgehead atoms. The van der Waals surface area contributed by atoms with E-state index in [0.29, 0.717) is 31.1 Å². The number of amides is 1. The Bertz CT molecular complexity index is 1200. The van der Waals surface area contributed by atoms with Crippen LogP contribution in [0.2, 0.25) is 0 Å². The van der Waals surface area contributed by atoms with Crippen LogP contribution in [0.25, 0.3) is 11.0 Å². The second-order valence-corrected chi connectivity index (χ2v) is 8.82. The number of unbranched alkanes of at least 4 members (excludes halogenated alkanes) is 1. The third kappa shape index (κ3) is 6.04. The molecule has 3 aromatic carbocycles. The van der Waals surface area contributed by atoms with Gasteiger partial charge in [0.2, 0.25) is 0 Å². The molecule has 0 aliphatic heterocycles. The molecule has 176 valence electrons. The van der Waals surface area contributed by atoms with Gasteiger partial charge in [-0.05, 0) is 60.7 Å². The third-order valence-electron chi connectivity index (χ3n) is 6.00. The number of fused-ring (bicyclic) bond motifs is 1. The number of nitrogens with zero attached hydrogens (tertiary/aromatic N) is 2. The van der Waals surface area contributed by atoms with E-state index < -0.39 is 0 Å². The molecule has 1 amide bonds. The van der Waals surface area contributed by atoms with Gasteiger partial charge in [0.05, 0.1) is 17.6 Å². The van der Waals surface area contributed by atoms with E-state index in [2.05, 4.69) is 54.1 Å². The largest absolute Gasteiger partial charge is 0.494 e. The molecule has 0 aliphatic rings. The van der Waals surface area contributed by atoms with Crippen molar-refractivity contribution in [2.24, 2.45) is 0 Å². The molecule has 0 saturated carbocycles. The van der Waals surface area contributed by atoms with E-state index in [1.165, 1.54) is 5.56 Å². The first-order valence-corrected chi connectivity index (χ1v) is 12.1. The average Bonchev–Trinajstić information content (AvgIpc) is 3.22. The normalized spacial score (nSPS) is 11.1. The Morgan fingerprint density at radius 2 is 1.68 bits per heavy atom. The number of carbonyl (C=O) groups excluding carboxylic acids is 1. The smallest absolute Gasteiger partial charge is 0.251 e. The molecule has 0 unspecified atom stereocenters. The highest BCUT2D eigenvalue weighted by molar-refractivity contribution is 5.94. The number of ether oxygens (including phenoxy) is 1. The lowest BCUT2D eigenvalue weighted by Crippen LogP contribution is -2.26. The molecular weight excluding hydrogens is 422 g/mol. The second-order valence-electron chi connectivity index (χ2n) is 8.82. The summed E-state index contributed by atoms with van der Waals surface area (Å²) in [6.45, 7) is 6.50. The zero-order valence-electron chi connectivity index (χ0n) is 20.0. The number of hydrogen-bond acceptors (Lipinski definition) is 3.